The summed E-state index contributed by atoms with van der Waals surface area (Å²) in [7, 11) is 0. The second kappa shape index (κ2) is 4.83. The summed E-state index contributed by atoms with van der Waals surface area (Å²) < 4.78 is 3.80. The molecule has 0 saturated heterocycles. The van der Waals surface area contributed by atoms with Crippen LogP contribution >= 0.6 is 11.5 Å². The van der Waals surface area contributed by atoms with E-state index in [4.69, 9.17) is 0 Å². The molecule has 0 aliphatic rings. The first-order valence-electron chi connectivity index (χ1n) is 4.46. The Hall–Kier alpha value is -1.26. The second-order valence-corrected chi connectivity index (χ2v) is 3.60. The molecular weight excluding hydrogens is 194 g/mol. The summed E-state index contributed by atoms with van der Waals surface area (Å²) in [5.74, 6) is 0. The van der Waals surface area contributed by atoms with Crippen LogP contribution in [0.15, 0.2) is 35.7 Å². The van der Waals surface area contributed by atoms with Crippen LogP contribution in [0.25, 0.3) is 0 Å². The van der Waals surface area contributed by atoms with Gasteiger partial charge in [0.1, 0.15) is 0 Å². The average molecular weight is 205 g/mol. The molecule has 0 atom stereocenters. The van der Waals surface area contributed by atoms with Crippen molar-refractivity contribution in [3.63, 3.8) is 0 Å². The zero-order chi connectivity index (χ0) is 9.64. The van der Waals surface area contributed by atoms with Gasteiger partial charge in [-0.15, -0.1) is 5.10 Å². The van der Waals surface area contributed by atoms with Crippen LogP contribution in [0.2, 0.25) is 0 Å². The molecule has 3 nitrogen and oxygen atoms in total. The lowest BCUT2D eigenvalue weighted by atomic mass is 10.2. The fraction of sp³-hybridized carbons (Fsp3) is 0.200. The minimum Gasteiger partial charge on any atom is -0.307 e. The van der Waals surface area contributed by atoms with Gasteiger partial charge in [0.2, 0.25) is 0 Å². The number of nitrogens with one attached hydrogen (secondary N) is 1. The monoisotopic (exact) mass is 205 g/mol. The first kappa shape index (κ1) is 9.30. The summed E-state index contributed by atoms with van der Waals surface area (Å²) >= 11 is 1.38. The Morgan fingerprint density at radius 1 is 1.14 bits per heavy atom. The van der Waals surface area contributed by atoms with Crippen molar-refractivity contribution < 1.29 is 0 Å². The van der Waals surface area contributed by atoms with E-state index in [2.05, 4.69) is 27.0 Å². The fourth-order valence-corrected chi connectivity index (χ4v) is 1.64. The predicted octanol–water partition coefficient (Wildman–Crippen LogP) is 1.83. The summed E-state index contributed by atoms with van der Waals surface area (Å²) in [5.41, 5.74) is 2.29. The van der Waals surface area contributed by atoms with Gasteiger partial charge in [-0.3, -0.25) is 0 Å². The minimum absolute atomic E-state index is 0.783. The molecule has 0 aliphatic carbocycles. The Kier molecular flexibility index (Phi) is 3.21. The molecule has 0 radical (unpaired) electrons. The van der Waals surface area contributed by atoms with Gasteiger partial charge < -0.3 is 5.32 Å². The molecule has 1 aromatic heterocycles. The van der Waals surface area contributed by atoms with Gasteiger partial charge in [-0.05, 0) is 17.1 Å². The van der Waals surface area contributed by atoms with Crippen molar-refractivity contribution in [3.05, 3.63) is 47.0 Å². The van der Waals surface area contributed by atoms with E-state index in [-0.39, 0.29) is 0 Å². The highest BCUT2D eigenvalue weighted by atomic mass is 32.1. The van der Waals surface area contributed by atoms with E-state index in [1.165, 1.54) is 17.1 Å². The van der Waals surface area contributed by atoms with E-state index in [1.807, 2.05) is 23.6 Å². The van der Waals surface area contributed by atoms with Crippen LogP contribution in [0.1, 0.15) is 11.3 Å². The molecule has 0 bridgehead atoms. The smallest absolute Gasteiger partial charge is 0.0893 e. The van der Waals surface area contributed by atoms with Crippen molar-refractivity contribution in [2.45, 2.75) is 13.1 Å². The third-order valence-electron chi connectivity index (χ3n) is 1.88. The van der Waals surface area contributed by atoms with Crippen LogP contribution in [0, 0.1) is 0 Å². The van der Waals surface area contributed by atoms with Gasteiger partial charge in [0.05, 0.1) is 5.69 Å². The maximum absolute atomic E-state index is 3.95. The maximum Gasteiger partial charge on any atom is 0.0893 e. The van der Waals surface area contributed by atoms with Gasteiger partial charge >= 0.3 is 0 Å². The first-order valence-corrected chi connectivity index (χ1v) is 5.29. The number of aromatic nitrogens is 2. The maximum atomic E-state index is 3.95. The normalized spacial score (nSPS) is 10.3. The molecule has 0 spiro atoms. The summed E-state index contributed by atoms with van der Waals surface area (Å²) in [6.07, 6.45) is 0. The van der Waals surface area contributed by atoms with Crippen molar-refractivity contribution in [2.24, 2.45) is 0 Å². The van der Waals surface area contributed by atoms with Crippen molar-refractivity contribution >= 4 is 11.5 Å². The van der Waals surface area contributed by atoms with Crippen LogP contribution in [-0.2, 0) is 13.1 Å². The first-order chi connectivity index (χ1) is 6.95. The van der Waals surface area contributed by atoms with Gasteiger partial charge in [0, 0.05) is 18.5 Å². The van der Waals surface area contributed by atoms with Crippen LogP contribution in [0.3, 0.4) is 0 Å². The Bertz CT molecular complexity index is 358. The minimum atomic E-state index is 0.783. The Balaban J connectivity index is 1.79. The highest BCUT2D eigenvalue weighted by molar-refractivity contribution is 7.03. The van der Waals surface area contributed by atoms with Crippen molar-refractivity contribution in [3.8, 4) is 0 Å². The van der Waals surface area contributed by atoms with Crippen molar-refractivity contribution in [1.82, 2.24) is 14.9 Å². The zero-order valence-electron chi connectivity index (χ0n) is 7.68. The molecular formula is C10H11N3S. The molecule has 2 rings (SSSR count). The number of hydrogen-bond donors (Lipinski definition) is 1. The molecule has 2 aromatic rings. The van der Waals surface area contributed by atoms with Crippen LogP contribution < -0.4 is 5.32 Å². The van der Waals surface area contributed by atoms with E-state index < -0.39 is 0 Å². The number of nitrogens with zero attached hydrogens (tertiary/aromatic N) is 2. The number of benzene rings is 1. The van der Waals surface area contributed by atoms with E-state index in [9.17, 15) is 0 Å². The second-order valence-electron chi connectivity index (χ2n) is 2.99. The summed E-state index contributed by atoms with van der Waals surface area (Å²) in [5, 5.41) is 9.22. The van der Waals surface area contributed by atoms with Gasteiger partial charge in [-0.1, -0.05) is 34.8 Å². The van der Waals surface area contributed by atoms with Crippen molar-refractivity contribution in [2.75, 3.05) is 0 Å². The van der Waals surface area contributed by atoms with Gasteiger partial charge in [0.15, 0.2) is 0 Å². The molecule has 1 N–H and O–H groups in total. The largest absolute Gasteiger partial charge is 0.307 e. The Labute approximate surface area is 87.0 Å². The lowest BCUT2D eigenvalue weighted by Crippen LogP contribution is -2.12. The summed E-state index contributed by atoms with van der Waals surface area (Å²) in [6, 6.07) is 10.3. The van der Waals surface area contributed by atoms with Crippen LogP contribution in [0.5, 0.6) is 0 Å². The van der Waals surface area contributed by atoms with Gasteiger partial charge in [-0.2, -0.15) is 0 Å². The molecule has 0 amide bonds. The molecule has 1 heterocycles. The molecule has 14 heavy (non-hydrogen) atoms. The van der Waals surface area contributed by atoms with Gasteiger partial charge in [-0.25, -0.2) is 0 Å². The van der Waals surface area contributed by atoms with E-state index in [1.54, 1.807) is 0 Å². The molecule has 0 aliphatic heterocycles. The van der Waals surface area contributed by atoms with Crippen molar-refractivity contribution in [1.29, 1.82) is 0 Å². The quantitative estimate of drug-likeness (QED) is 0.827. The third-order valence-corrected chi connectivity index (χ3v) is 2.44. The summed E-state index contributed by atoms with van der Waals surface area (Å²) in [6.45, 7) is 1.66. The van der Waals surface area contributed by atoms with Crippen LogP contribution in [0.4, 0.5) is 0 Å². The van der Waals surface area contributed by atoms with E-state index >= 15 is 0 Å². The highest BCUT2D eigenvalue weighted by Gasteiger charge is 1.95. The lowest BCUT2D eigenvalue weighted by Gasteiger charge is -2.01. The average Bonchev–Trinajstić information content (AvgIpc) is 2.72. The fourth-order valence-electron chi connectivity index (χ4n) is 1.19. The highest BCUT2D eigenvalue weighted by Crippen LogP contribution is 1.99. The SMILES string of the molecule is c1ccc(CNCc2csnn2)cc1. The molecule has 4 heteroatoms. The zero-order valence-corrected chi connectivity index (χ0v) is 8.50. The van der Waals surface area contributed by atoms with E-state index in [0.29, 0.717) is 0 Å². The number of hydrogen-bond acceptors (Lipinski definition) is 4. The Morgan fingerprint density at radius 3 is 2.71 bits per heavy atom. The standard InChI is InChI=1S/C10H11N3S/c1-2-4-9(5-3-1)6-11-7-10-8-14-13-12-10/h1-5,8,11H,6-7H2. The molecule has 72 valence electrons. The number of rotatable bonds is 4. The Morgan fingerprint density at radius 2 is 2.00 bits per heavy atom. The van der Waals surface area contributed by atoms with Crippen LogP contribution in [-0.4, -0.2) is 9.59 Å². The molecule has 0 unspecified atom stereocenters. The van der Waals surface area contributed by atoms with E-state index in [0.717, 1.165) is 18.8 Å². The third kappa shape index (κ3) is 2.61. The molecule has 0 fully saturated rings. The summed E-state index contributed by atoms with van der Waals surface area (Å²) in [4.78, 5) is 0. The topological polar surface area (TPSA) is 37.8 Å². The predicted molar refractivity (Wildman–Crippen MR) is 56.9 cm³/mol. The molecule has 1 aromatic carbocycles. The molecule has 0 saturated carbocycles. The lowest BCUT2D eigenvalue weighted by molar-refractivity contribution is 0.677. The van der Waals surface area contributed by atoms with Gasteiger partial charge in [0.25, 0.3) is 0 Å².